The van der Waals surface area contributed by atoms with Crippen LogP contribution >= 0.6 is 0 Å². The van der Waals surface area contributed by atoms with Gasteiger partial charge in [-0.05, 0) is 37.6 Å². The van der Waals surface area contributed by atoms with Crippen molar-refractivity contribution in [2.75, 3.05) is 12.4 Å². The molecule has 0 fully saturated rings. The molecule has 3 nitrogen and oxygen atoms in total. The zero-order valence-electron chi connectivity index (χ0n) is 10.1. The van der Waals surface area contributed by atoms with Gasteiger partial charge in [0.15, 0.2) is 0 Å². The molecule has 2 rings (SSSR count). The summed E-state index contributed by atoms with van der Waals surface area (Å²) in [6.45, 7) is 3.69. The summed E-state index contributed by atoms with van der Waals surface area (Å²) < 4.78 is 13.2. The van der Waals surface area contributed by atoms with Crippen molar-refractivity contribution in [2.45, 2.75) is 13.8 Å². The fourth-order valence-electron chi connectivity index (χ4n) is 1.79. The van der Waals surface area contributed by atoms with E-state index in [1.165, 1.54) is 12.4 Å². The van der Waals surface area contributed by atoms with Crippen molar-refractivity contribution in [2.24, 2.45) is 0 Å². The van der Waals surface area contributed by atoms with E-state index in [-0.39, 0.29) is 5.82 Å². The lowest BCUT2D eigenvalue weighted by atomic mass is 10.0. The molecule has 2 aromatic rings. The van der Waals surface area contributed by atoms with E-state index >= 15 is 0 Å². The van der Waals surface area contributed by atoms with E-state index in [4.69, 9.17) is 0 Å². The second-order valence-electron chi connectivity index (χ2n) is 3.91. The van der Waals surface area contributed by atoms with Crippen LogP contribution < -0.4 is 5.32 Å². The van der Waals surface area contributed by atoms with E-state index in [1.54, 1.807) is 19.1 Å². The van der Waals surface area contributed by atoms with Crippen LogP contribution in [0.4, 0.5) is 10.2 Å². The first-order chi connectivity index (χ1) is 8.13. The van der Waals surface area contributed by atoms with Crippen molar-refractivity contribution in [1.29, 1.82) is 0 Å². The van der Waals surface area contributed by atoms with Gasteiger partial charge in [-0.3, -0.25) is 0 Å². The summed E-state index contributed by atoms with van der Waals surface area (Å²) in [6, 6.07) is 4.99. The van der Waals surface area contributed by atoms with Gasteiger partial charge < -0.3 is 5.32 Å². The molecule has 17 heavy (non-hydrogen) atoms. The zero-order valence-corrected chi connectivity index (χ0v) is 10.1. The summed E-state index contributed by atoms with van der Waals surface area (Å²) >= 11 is 0. The second kappa shape index (κ2) is 4.49. The summed E-state index contributed by atoms with van der Waals surface area (Å²) in [5.41, 5.74) is 3.31. The van der Waals surface area contributed by atoms with Gasteiger partial charge >= 0.3 is 0 Å². The van der Waals surface area contributed by atoms with Crippen LogP contribution in [0.1, 0.15) is 11.1 Å². The maximum atomic E-state index is 13.2. The molecule has 0 bridgehead atoms. The van der Waals surface area contributed by atoms with Crippen LogP contribution in [0.25, 0.3) is 11.3 Å². The van der Waals surface area contributed by atoms with Crippen LogP contribution in [0.5, 0.6) is 0 Å². The number of nitrogens with zero attached hydrogens (tertiary/aromatic N) is 2. The normalized spacial score (nSPS) is 10.4. The number of anilines is 1. The summed E-state index contributed by atoms with van der Waals surface area (Å²) in [4.78, 5) is 8.38. The fraction of sp³-hybridized carbons (Fsp3) is 0.231. The molecule has 0 saturated heterocycles. The summed E-state index contributed by atoms with van der Waals surface area (Å²) in [7, 11) is 1.81. The third-order valence-corrected chi connectivity index (χ3v) is 2.75. The Morgan fingerprint density at radius 2 is 1.94 bits per heavy atom. The Morgan fingerprint density at radius 1 is 1.18 bits per heavy atom. The van der Waals surface area contributed by atoms with Crippen LogP contribution in [-0.4, -0.2) is 17.0 Å². The quantitative estimate of drug-likeness (QED) is 0.863. The molecule has 0 atom stereocenters. The Bertz CT molecular complexity index is 552. The number of aryl methyl sites for hydroxylation is 1. The third-order valence-electron chi connectivity index (χ3n) is 2.75. The van der Waals surface area contributed by atoms with Gasteiger partial charge in [-0.2, -0.15) is 0 Å². The first-order valence-corrected chi connectivity index (χ1v) is 5.39. The minimum absolute atomic E-state index is 0.200. The number of hydrogen-bond donors (Lipinski definition) is 1. The SMILES string of the molecule is CNc1ncnc(-c2ccc(F)c(C)c2)c1C. The van der Waals surface area contributed by atoms with Gasteiger partial charge in [0.2, 0.25) is 0 Å². The Kier molecular flexibility index (Phi) is 3.04. The number of hydrogen-bond acceptors (Lipinski definition) is 3. The summed E-state index contributed by atoms with van der Waals surface area (Å²) in [5.74, 6) is 0.589. The maximum absolute atomic E-state index is 13.2. The molecule has 0 aliphatic heterocycles. The molecule has 88 valence electrons. The van der Waals surface area contributed by atoms with Gasteiger partial charge in [0, 0.05) is 18.2 Å². The fourth-order valence-corrected chi connectivity index (χ4v) is 1.79. The molecular formula is C13H14FN3. The lowest BCUT2D eigenvalue weighted by Crippen LogP contribution is -1.99. The van der Waals surface area contributed by atoms with Crippen LogP contribution in [0.3, 0.4) is 0 Å². The lowest BCUT2D eigenvalue weighted by Gasteiger charge is -2.09. The second-order valence-corrected chi connectivity index (χ2v) is 3.91. The average Bonchev–Trinajstić information content (AvgIpc) is 2.33. The molecule has 0 saturated carbocycles. The van der Waals surface area contributed by atoms with Gasteiger partial charge in [-0.25, -0.2) is 14.4 Å². The Labute approximate surface area is 99.7 Å². The molecule has 1 aromatic carbocycles. The minimum atomic E-state index is -0.200. The van der Waals surface area contributed by atoms with Crippen molar-refractivity contribution >= 4 is 5.82 Å². The highest BCUT2D eigenvalue weighted by atomic mass is 19.1. The molecule has 0 aliphatic carbocycles. The van der Waals surface area contributed by atoms with E-state index in [0.29, 0.717) is 5.56 Å². The van der Waals surface area contributed by atoms with Crippen molar-refractivity contribution < 1.29 is 4.39 Å². The molecule has 1 N–H and O–H groups in total. The number of nitrogens with one attached hydrogen (secondary N) is 1. The number of halogens is 1. The van der Waals surface area contributed by atoms with Gasteiger partial charge in [-0.15, -0.1) is 0 Å². The van der Waals surface area contributed by atoms with Crippen LogP contribution in [0.2, 0.25) is 0 Å². The Hall–Kier alpha value is -1.97. The molecular weight excluding hydrogens is 217 g/mol. The van der Waals surface area contributed by atoms with E-state index in [1.807, 2.05) is 14.0 Å². The molecule has 0 amide bonds. The highest BCUT2D eigenvalue weighted by Gasteiger charge is 2.09. The number of aromatic nitrogens is 2. The predicted octanol–water partition coefficient (Wildman–Crippen LogP) is 2.94. The lowest BCUT2D eigenvalue weighted by molar-refractivity contribution is 0.618. The largest absolute Gasteiger partial charge is 0.373 e. The number of rotatable bonds is 2. The zero-order chi connectivity index (χ0) is 12.4. The summed E-state index contributed by atoms with van der Waals surface area (Å²) in [6.07, 6.45) is 1.51. The van der Waals surface area contributed by atoms with Crippen LogP contribution in [0.15, 0.2) is 24.5 Å². The van der Waals surface area contributed by atoms with E-state index in [0.717, 1.165) is 22.6 Å². The molecule has 0 unspecified atom stereocenters. The molecule has 1 heterocycles. The van der Waals surface area contributed by atoms with Gasteiger partial charge in [0.1, 0.15) is 18.0 Å². The smallest absolute Gasteiger partial charge is 0.132 e. The maximum Gasteiger partial charge on any atom is 0.132 e. The molecule has 0 radical (unpaired) electrons. The van der Waals surface area contributed by atoms with Crippen LogP contribution in [-0.2, 0) is 0 Å². The van der Waals surface area contributed by atoms with E-state index in [9.17, 15) is 4.39 Å². The van der Waals surface area contributed by atoms with E-state index < -0.39 is 0 Å². The first-order valence-electron chi connectivity index (χ1n) is 5.39. The summed E-state index contributed by atoms with van der Waals surface area (Å²) in [5, 5.41) is 3.01. The third kappa shape index (κ3) is 2.11. The number of benzene rings is 1. The minimum Gasteiger partial charge on any atom is -0.373 e. The van der Waals surface area contributed by atoms with Crippen LogP contribution in [0, 0.1) is 19.7 Å². The van der Waals surface area contributed by atoms with Gasteiger partial charge in [0.25, 0.3) is 0 Å². The predicted molar refractivity (Wildman–Crippen MR) is 66.4 cm³/mol. The molecule has 1 aromatic heterocycles. The standard InChI is InChI=1S/C13H14FN3/c1-8-6-10(4-5-11(8)14)12-9(2)13(15-3)17-7-16-12/h4-7H,1-3H3,(H,15,16,17). The topological polar surface area (TPSA) is 37.8 Å². The molecule has 0 aliphatic rings. The average molecular weight is 231 g/mol. The monoisotopic (exact) mass is 231 g/mol. The van der Waals surface area contributed by atoms with Gasteiger partial charge in [0.05, 0.1) is 5.69 Å². The van der Waals surface area contributed by atoms with Crippen molar-refractivity contribution in [1.82, 2.24) is 9.97 Å². The van der Waals surface area contributed by atoms with Crippen molar-refractivity contribution in [3.05, 3.63) is 41.5 Å². The van der Waals surface area contributed by atoms with E-state index in [2.05, 4.69) is 15.3 Å². The highest BCUT2D eigenvalue weighted by molar-refractivity contribution is 5.68. The van der Waals surface area contributed by atoms with Crippen molar-refractivity contribution in [3.8, 4) is 11.3 Å². The van der Waals surface area contributed by atoms with Gasteiger partial charge in [-0.1, -0.05) is 0 Å². The van der Waals surface area contributed by atoms with Crippen molar-refractivity contribution in [3.63, 3.8) is 0 Å². The molecule has 4 heteroatoms. The first kappa shape index (κ1) is 11.5. The Morgan fingerprint density at radius 3 is 2.59 bits per heavy atom. The Balaban J connectivity index is 2.56. The highest BCUT2D eigenvalue weighted by Crippen LogP contribution is 2.25. The molecule has 0 spiro atoms.